The first-order valence-corrected chi connectivity index (χ1v) is 11.7. The van der Waals surface area contributed by atoms with Crippen molar-refractivity contribution in [2.75, 3.05) is 21.3 Å². The summed E-state index contributed by atoms with van der Waals surface area (Å²) in [5, 5.41) is 10.6. The molecule has 3 aromatic carbocycles. The first kappa shape index (κ1) is 25.5. The number of aromatic nitrogens is 2. The number of fused-ring (bicyclic) bond motifs is 1. The predicted molar refractivity (Wildman–Crippen MR) is 139 cm³/mol. The van der Waals surface area contributed by atoms with Crippen LogP contribution in [0.15, 0.2) is 73.2 Å². The van der Waals surface area contributed by atoms with Gasteiger partial charge in [-0.3, -0.25) is 9.59 Å². The van der Waals surface area contributed by atoms with Crippen LogP contribution in [0.25, 0.3) is 5.69 Å². The van der Waals surface area contributed by atoms with E-state index in [1.54, 1.807) is 43.5 Å². The molecular formula is C27H21F3N6O3. The molecule has 0 fully saturated rings. The van der Waals surface area contributed by atoms with Crippen LogP contribution in [-0.2, 0) is 17.4 Å². The summed E-state index contributed by atoms with van der Waals surface area (Å²) < 4.78 is 42.1. The fourth-order valence-corrected chi connectivity index (χ4v) is 4.08. The van der Waals surface area contributed by atoms with E-state index in [4.69, 9.17) is 0 Å². The molecule has 5 rings (SSSR count). The summed E-state index contributed by atoms with van der Waals surface area (Å²) in [6, 6.07) is 13.7. The molecule has 0 saturated heterocycles. The smallest absolute Gasteiger partial charge is 0.325 e. The molecule has 12 heteroatoms. The minimum Gasteiger partial charge on any atom is -0.325 e. The van der Waals surface area contributed by atoms with Gasteiger partial charge in [0.2, 0.25) is 5.91 Å². The lowest BCUT2D eigenvalue weighted by atomic mass is 10.1. The Labute approximate surface area is 220 Å². The van der Waals surface area contributed by atoms with Crippen LogP contribution >= 0.6 is 0 Å². The summed E-state index contributed by atoms with van der Waals surface area (Å²) in [5.41, 5.74) is 2.08. The summed E-state index contributed by atoms with van der Waals surface area (Å²) in [6.45, 7) is 1.70. The fraction of sp³-hybridized carbons (Fsp3) is 0.111. The highest BCUT2D eigenvalue weighted by molar-refractivity contribution is 6.06. The molecule has 0 radical (unpaired) electrons. The van der Waals surface area contributed by atoms with E-state index in [1.807, 2.05) is 0 Å². The van der Waals surface area contributed by atoms with Crippen LogP contribution in [0, 0.1) is 6.92 Å². The largest absolute Gasteiger partial charge is 0.416 e. The topological polar surface area (TPSA) is 117 Å². The zero-order valence-electron chi connectivity index (χ0n) is 20.4. The Morgan fingerprint density at radius 1 is 0.949 bits per heavy atom. The van der Waals surface area contributed by atoms with Crippen LogP contribution in [0.1, 0.15) is 27.2 Å². The number of alkyl halides is 3. The molecule has 4 N–H and O–H groups in total. The van der Waals surface area contributed by atoms with Crippen LogP contribution in [0.3, 0.4) is 0 Å². The number of imidazole rings is 1. The number of halogens is 3. The maximum absolute atomic E-state index is 13.6. The normalized spacial score (nSPS) is 12.5. The molecule has 4 amide bonds. The van der Waals surface area contributed by atoms with Gasteiger partial charge in [-0.2, -0.15) is 13.2 Å². The molecule has 0 aliphatic carbocycles. The summed E-state index contributed by atoms with van der Waals surface area (Å²) in [4.78, 5) is 41.0. The van der Waals surface area contributed by atoms with E-state index < -0.39 is 23.7 Å². The molecule has 39 heavy (non-hydrogen) atoms. The highest BCUT2D eigenvalue weighted by Crippen LogP contribution is 2.32. The second-order valence-corrected chi connectivity index (χ2v) is 8.90. The van der Waals surface area contributed by atoms with Crippen LogP contribution in [-0.4, -0.2) is 27.4 Å². The highest BCUT2D eigenvalue weighted by Gasteiger charge is 2.32. The van der Waals surface area contributed by atoms with Crippen molar-refractivity contribution in [1.29, 1.82) is 0 Å². The van der Waals surface area contributed by atoms with E-state index >= 15 is 0 Å². The first-order chi connectivity index (χ1) is 18.5. The molecule has 0 saturated carbocycles. The maximum Gasteiger partial charge on any atom is 0.416 e. The molecule has 2 heterocycles. The number of amides is 4. The van der Waals surface area contributed by atoms with Crippen molar-refractivity contribution in [2.45, 2.75) is 19.5 Å². The second kappa shape index (κ2) is 9.97. The number of carbonyl (C=O) groups excluding carboxylic acids is 3. The molecule has 0 unspecified atom stereocenters. The SMILES string of the molecule is Cc1cn(-c2cc(C(=O)Nc3cccc(NC(=O)Nc4ccc5c(c4)NC(=O)C5)c3)cc(C(F)(F)F)c2)cn1. The molecular weight excluding hydrogens is 513 g/mol. The van der Waals surface area contributed by atoms with E-state index in [2.05, 4.69) is 26.3 Å². The summed E-state index contributed by atoms with van der Waals surface area (Å²) >= 11 is 0. The number of anilines is 4. The van der Waals surface area contributed by atoms with Gasteiger partial charge < -0.3 is 25.8 Å². The Kier molecular flexibility index (Phi) is 6.52. The number of hydrogen-bond acceptors (Lipinski definition) is 4. The van der Waals surface area contributed by atoms with Crippen molar-refractivity contribution in [3.05, 3.63) is 95.6 Å². The number of rotatable bonds is 5. The van der Waals surface area contributed by atoms with Gasteiger partial charge >= 0.3 is 12.2 Å². The van der Waals surface area contributed by atoms with Gasteiger partial charge in [-0.1, -0.05) is 12.1 Å². The van der Waals surface area contributed by atoms with Crippen molar-refractivity contribution in [1.82, 2.24) is 9.55 Å². The third-order valence-electron chi connectivity index (χ3n) is 5.89. The van der Waals surface area contributed by atoms with Crippen molar-refractivity contribution in [3.63, 3.8) is 0 Å². The van der Waals surface area contributed by atoms with Gasteiger partial charge in [0.1, 0.15) is 0 Å². The van der Waals surface area contributed by atoms with Gasteiger partial charge in [0.05, 0.1) is 24.0 Å². The predicted octanol–water partition coefficient (Wildman–Crippen LogP) is 5.59. The molecule has 0 spiro atoms. The Hall–Kier alpha value is -5.13. The van der Waals surface area contributed by atoms with E-state index in [9.17, 15) is 27.6 Å². The monoisotopic (exact) mass is 534 g/mol. The minimum atomic E-state index is -4.66. The van der Waals surface area contributed by atoms with Gasteiger partial charge in [-0.05, 0) is 61.0 Å². The maximum atomic E-state index is 13.6. The zero-order chi connectivity index (χ0) is 27.7. The number of urea groups is 1. The molecule has 0 bridgehead atoms. The lowest BCUT2D eigenvalue weighted by molar-refractivity contribution is -0.137. The first-order valence-electron chi connectivity index (χ1n) is 11.7. The Morgan fingerprint density at radius 2 is 1.67 bits per heavy atom. The Morgan fingerprint density at radius 3 is 2.36 bits per heavy atom. The average Bonchev–Trinajstić information content (AvgIpc) is 3.47. The third-order valence-corrected chi connectivity index (χ3v) is 5.89. The Bertz CT molecular complexity index is 1610. The van der Waals surface area contributed by atoms with E-state index in [0.29, 0.717) is 22.8 Å². The minimum absolute atomic E-state index is 0.122. The number of aryl methyl sites for hydroxylation is 1. The number of nitrogens with one attached hydrogen (secondary N) is 4. The molecule has 198 valence electrons. The molecule has 1 aromatic heterocycles. The zero-order valence-corrected chi connectivity index (χ0v) is 20.4. The van der Waals surface area contributed by atoms with Crippen LogP contribution in [0.5, 0.6) is 0 Å². The Balaban J connectivity index is 1.30. The van der Waals surface area contributed by atoms with Crippen molar-refractivity contribution in [3.8, 4) is 5.69 Å². The quantitative estimate of drug-likeness (QED) is 0.267. The second-order valence-electron chi connectivity index (χ2n) is 8.90. The van der Waals surface area contributed by atoms with E-state index in [1.165, 1.54) is 29.1 Å². The van der Waals surface area contributed by atoms with Gasteiger partial charge in [0.25, 0.3) is 5.91 Å². The van der Waals surface area contributed by atoms with Crippen molar-refractivity contribution >= 4 is 40.6 Å². The summed E-state index contributed by atoms with van der Waals surface area (Å²) in [7, 11) is 0. The van der Waals surface area contributed by atoms with Crippen molar-refractivity contribution < 1.29 is 27.6 Å². The van der Waals surface area contributed by atoms with E-state index in [-0.39, 0.29) is 29.3 Å². The van der Waals surface area contributed by atoms with E-state index in [0.717, 1.165) is 17.7 Å². The standard InChI is InChI=1S/C27H21F3N6O3/c1-15-13-36(14-31-15)22-8-17(7-18(10-22)27(28,29)30)25(38)32-19-3-2-4-20(11-19)33-26(39)34-21-6-5-16-9-24(37)35-23(16)12-21/h2-8,10-14H,9H2,1H3,(H,32,38)(H,35,37)(H2,33,34,39). The van der Waals surface area contributed by atoms with Crippen LogP contribution < -0.4 is 21.3 Å². The van der Waals surface area contributed by atoms with Gasteiger partial charge in [0, 0.05) is 40.2 Å². The van der Waals surface area contributed by atoms with Crippen LogP contribution in [0.4, 0.5) is 40.7 Å². The molecule has 9 nitrogen and oxygen atoms in total. The van der Waals surface area contributed by atoms with Gasteiger partial charge in [-0.15, -0.1) is 0 Å². The van der Waals surface area contributed by atoms with Gasteiger partial charge in [0.15, 0.2) is 0 Å². The third kappa shape index (κ3) is 5.90. The molecule has 1 aliphatic heterocycles. The number of carbonyl (C=O) groups is 3. The highest BCUT2D eigenvalue weighted by atomic mass is 19.4. The fourth-order valence-electron chi connectivity index (χ4n) is 4.08. The van der Waals surface area contributed by atoms with Crippen molar-refractivity contribution in [2.24, 2.45) is 0 Å². The average molecular weight is 534 g/mol. The number of benzene rings is 3. The van der Waals surface area contributed by atoms with Crippen LogP contribution in [0.2, 0.25) is 0 Å². The summed E-state index contributed by atoms with van der Waals surface area (Å²) in [5.74, 6) is -0.885. The summed E-state index contributed by atoms with van der Waals surface area (Å²) in [6.07, 6.45) is -1.46. The lowest BCUT2D eigenvalue weighted by Crippen LogP contribution is -2.20. The number of hydrogen-bond donors (Lipinski definition) is 4. The molecule has 1 aliphatic rings. The lowest BCUT2D eigenvalue weighted by Gasteiger charge is -2.14. The number of nitrogens with zero attached hydrogens (tertiary/aromatic N) is 2. The molecule has 0 atom stereocenters. The molecule has 4 aromatic rings. The van der Waals surface area contributed by atoms with Gasteiger partial charge in [-0.25, -0.2) is 9.78 Å².